The molecule has 24 heavy (non-hydrogen) atoms. The van der Waals surface area contributed by atoms with E-state index < -0.39 is 0 Å². The molecule has 1 aromatic rings. The smallest absolute Gasteiger partial charge is 0.191 e. The number of guanidine groups is 1. The van der Waals surface area contributed by atoms with E-state index in [1.807, 2.05) is 19.2 Å². The predicted octanol–water partition coefficient (Wildman–Crippen LogP) is 3.57. The van der Waals surface area contributed by atoms with Crippen LogP contribution in [-0.2, 0) is 6.42 Å². The molecule has 1 saturated heterocycles. The van der Waals surface area contributed by atoms with Crippen LogP contribution in [0.3, 0.4) is 0 Å². The normalized spacial score (nSPS) is 17.3. The maximum Gasteiger partial charge on any atom is 0.191 e. The van der Waals surface area contributed by atoms with Gasteiger partial charge < -0.3 is 15.5 Å². The Bertz CT molecular complexity index is 532. The lowest BCUT2D eigenvalue weighted by Crippen LogP contribution is -2.50. The summed E-state index contributed by atoms with van der Waals surface area (Å²) in [6.07, 6.45) is 3.17. The first-order valence-corrected chi connectivity index (χ1v) is 9.39. The van der Waals surface area contributed by atoms with E-state index in [0.717, 1.165) is 50.4 Å². The summed E-state index contributed by atoms with van der Waals surface area (Å²) in [7, 11) is 1.81. The molecule has 1 heterocycles. The number of likely N-dealkylation sites (tertiary alicyclic amines) is 1. The van der Waals surface area contributed by atoms with Gasteiger partial charge in [0.15, 0.2) is 5.96 Å². The first-order chi connectivity index (χ1) is 11.5. The highest BCUT2D eigenvalue weighted by atomic mass is 35.5. The highest BCUT2D eigenvalue weighted by molar-refractivity contribution is 6.34. The molecule has 1 aliphatic heterocycles. The van der Waals surface area contributed by atoms with Gasteiger partial charge in [-0.15, -0.1) is 0 Å². The molecule has 134 valence electrons. The summed E-state index contributed by atoms with van der Waals surface area (Å²) in [5.41, 5.74) is 1.13. The fraction of sp³-hybridized carbons (Fsp3) is 0.611. The van der Waals surface area contributed by atoms with Crippen LogP contribution < -0.4 is 10.6 Å². The van der Waals surface area contributed by atoms with E-state index in [2.05, 4.69) is 34.4 Å². The molecule has 0 radical (unpaired) electrons. The lowest BCUT2D eigenvalue weighted by Gasteiger charge is -2.35. The number of nitrogens with one attached hydrogen (secondary N) is 2. The number of piperidine rings is 1. The summed E-state index contributed by atoms with van der Waals surface area (Å²) < 4.78 is 0. The summed E-state index contributed by atoms with van der Waals surface area (Å²) in [6.45, 7) is 7.61. The minimum Gasteiger partial charge on any atom is -0.356 e. The largest absolute Gasteiger partial charge is 0.356 e. The van der Waals surface area contributed by atoms with Crippen molar-refractivity contribution in [2.45, 2.75) is 45.2 Å². The van der Waals surface area contributed by atoms with Gasteiger partial charge in [0, 0.05) is 48.8 Å². The standard InChI is InChI=1S/C18H28Cl2N4/c1-13(2)24-8-5-17(6-9-24)23-18(21-3)22-7-4-14-10-15(19)12-16(20)11-14/h10-13,17H,4-9H2,1-3H3,(H2,21,22,23). The minimum atomic E-state index is 0.492. The van der Waals surface area contributed by atoms with Crippen LogP contribution in [-0.4, -0.2) is 49.6 Å². The molecule has 0 aromatic heterocycles. The van der Waals surface area contributed by atoms with E-state index in [1.165, 1.54) is 0 Å². The number of hydrogen-bond donors (Lipinski definition) is 2. The Kier molecular flexibility index (Phi) is 7.66. The number of nitrogens with zero attached hydrogens (tertiary/aromatic N) is 2. The van der Waals surface area contributed by atoms with Crippen molar-refractivity contribution in [3.63, 3.8) is 0 Å². The summed E-state index contributed by atoms with van der Waals surface area (Å²) >= 11 is 12.1. The average Bonchev–Trinajstić information content (AvgIpc) is 2.53. The third-order valence-corrected chi connectivity index (χ3v) is 4.89. The van der Waals surface area contributed by atoms with Gasteiger partial charge in [0.25, 0.3) is 0 Å². The van der Waals surface area contributed by atoms with Crippen LogP contribution >= 0.6 is 23.2 Å². The van der Waals surface area contributed by atoms with Crippen molar-refractivity contribution >= 4 is 29.2 Å². The Balaban J connectivity index is 1.75. The van der Waals surface area contributed by atoms with Crippen LogP contribution in [0, 0.1) is 0 Å². The second-order valence-electron chi connectivity index (χ2n) is 6.58. The van der Waals surface area contributed by atoms with Crippen molar-refractivity contribution in [1.29, 1.82) is 0 Å². The number of halogens is 2. The van der Waals surface area contributed by atoms with Gasteiger partial charge in [0.1, 0.15) is 0 Å². The monoisotopic (exact) mass is 370 g/mol. The molecule has 1 aromatic carbocycles. The molecule has 0 saturated carbocycles. The third kappa shape index (κ3) is 6.15. The van der Waals surface area contributed by atoms with E-state index in [9.17, 15) is 0 Å². The highest BCUT2D eigenvalue weighted by Gasteiger charge is 2.21. The first-order valence-electron chi connectivity index (χ1n) is 8.64. The summed E-state index contributed by atoms with van der Waals surface area (Å²) in [5.74, 6) is 0.867. The first kappa shape index (κ1) is 19.4. The second-order valence-corrected chi connectivity index (χ2v) is 7.45. The van der Waals surface area contributed by atoms with Crippen LogP contribution in [0.4, 0.5) is 0 Å². The van der Waals surface area contributed by atoms with E-state index in [1.54, 1.807) is 6.07 Å². The molecule has 4 nitrogen and oxygen atoms in total. The van der Waals surface area contributed by atoms with Crippen molar-refractivity contribution in [3.05, 3.63) is 33.8 Å². The number of hydrogen-bond acceptors (Lipinski definition) is 2. The second kappa shape index (κ2) is 9.50. The lowest BCUT2D eigenvalue weighted by molar-refractivity contribution is 0.167. The molecule has 2 N–H and O–H groups in total. The molecule has 1 aliphatic rings. The van der Waals surface area contributed by atoms with Crippen LogP contribution in [0.25, 0.3) is 0 Å². The van der Waals surface area contributed by atoms with Crippen molar-refractivity contribution in [2.75, 3.05) is 26.7 Å². The summed E-state index contributed by atoms with van der Waals surface area (Å²) in [5, 5.41) is 8.27. The minimum absolute atomic E-state index is 0.492. The number of rotatable bonds is 5. The Hall–Kier alpha value is -0.970. The van der Waals surface area contributed by atoms with Crippen LogP contribution in [0.5, 0.6) is 0 Å². The van der Waals surface area contributed by atoms with Gasteiger partial charge in [-0.05, 0) is 56.9 Å². The molecule has 0 unspecified atom stereocenters. The van der Waals surface area contributed by atoms with E-state index >= 15 is 0 Å². The predicted molar refractivity (Wildman–Crippen MR) is 104 cm³/mol. The average molecular weight is 371 g/mol. The summed E-state index contributed by atoms with van der Waals surface area (Å²) in [4.78, 5) is 6.86. The van der Waals surface area contributed by atoms with Crippen molar-refractivity contribution < 1.29 is 0 Å². The maximum atomic E-state index is 6.04. The van der Waals surface area contributed by atoms with Gasteiger partial charge in [-0.3, -0.25) is 4.99 Å². The molecule has 1 fully saturated rings. The molecule has 2 rings (SSSR count). The Morgan fingerprint density at radius 3 is 2.38 bits per heavy atom. The van der Waals surface area contributed by atoms with Crippen LogP contribution in [0.15, 0.2) is 23.2 Å². The summed E-state index contributed by atoms with van der Waals surface area (Å²) in [6, 6.07) is 6.78. The molecule has 0 spiro atoms. The van der Waals surface area contributed by atoms with E-state index in [4.69, 9.17) is 23.2 Å². The molecule has 0 atom stereocenters. The zero-order valence-electron chi connectivity index (χ0n) is 14.8. The third-order valence-electron chi connectivity index (χ3n) is 4.45. The zero-order chi connectivity index (χ0) is 17.5. The number of benzene rings is 1. The van der Waals surface area contributed by atoms with E-state index in [0.29, 0.717) is 22.1 Å². The lowest BCUT2D eigenvalue weighted by atomic mass is 10.0. The highest BCUT2D eigenvalue weighted by Crippen LogP contribution is 2.19. The zero-order valence-corrected chi connectivity index (χ0v) is 16.3. The van der Waals surface area contributed by atoms with Crippen molar-refractivity contribution in [1.82, 2.24) is 15.5 Å². The Morgan fingerprint density at radius 1 is 1.21 bits per heavy atom. The maximum absolute atomic E-state index is 6.04. The van der Waals surface area contributed by atoms with Gasteiger partial charge >= 0.3 is 0 Å². The molecular weight excluding hydrogens is 343 g/mol. The molecular formula is C18H28Cl2N4. The van der Waals surface area contributed by atoms with Crippen LogP contribution in [0.1, 0.15) is 32.3 Å². The topological polar surface area (TPSA) is 39.7 Å². The quantitative estimate of drug-likeness (QED) is 0.614. The van der Waals surface area contributed by atoms with Gasteiger partial charge in [-0.1, -0.05) is 23.2 Å². The van der Waals surface area contributed by atoms with Gasteiger partial charge in [0.05, 0.1) is 0 Å². The fourth-order valence-corrected chi connectivity index (χ4v) is 3.60. The molecule has 0 amide bonds. The Labute approximate surface area is 155 Å². The molecule has 6 heteroatoms. The molecule has 0 aliphatic carbocycles. The van der Waals surface area contributed by atoms with Gasteiger partial charge in [-0.2, -0.15) is 0 Å². The number of aliphatic imine (C=N–C) groups is 1. The Morgan fingerprint density at radius 2 is 1.83 bits per heavy atom. The van der Waals surface area contributed by atoms with Crippen molar-refractivity contribution in [2.24, 2.45) is 4.99 Å². The molecule has 0 bridgehead atoms. The van der Waals surface area contributed by atoms with Gasteiger partial charge in [0.2, 0.25) is 0 Å². The fourth-order valence-electron chi connectivity index (χ4n) is 3.03. The van der Waals surface area contributed by atoms with Crippen molar-refractivity contribution in [3.8, 4) is 0 Å². The van der Waals surface area contributed by atoms with E-state index in [-0.39, 0.29) is 0 Å². The van der Waals surface area contributed by atoms with Crippen LogP contribution in [0.2, 0.25) is 10.0 Å². The SMILES string of the molecule is CN=C(NCCc1cc(Cl)cc(Cl)c1)NC1CCN(C(C)C)CC1. The van der Waals surface area contributed by atoms with Gasteiger partial charge in [-0.25, -0.2) is 0 Å².